The molecule has 0 aromatic carbocycles. The first kappa shape index (κ1) is 69.1. The minimum atomic E-state index is -1.59. The summed E-state index contributed by atoms with van der Waals surface area (Å²) in [5.41, 5.74) is 0. The first-order valence-corrected chi connectivity index (χ1v) is 30.2. The van der Waals surface area contributed by atoms with Gasteiger partial charge >= 0.3 is 5.97 Å². The number of nitrogens with one attached hydrogen (secondary N) is 1. The van der Waals surface area contributed by atoms with E-state index in [0.717, 1.165) is 103 Å². The highest BCUT2D eigenvalue weighted by molar-refractivity contribution is 5.76. The topological polar surface area (TPSA) is 175 Å². The van der Waals surface area contributed by atoms with Crippen LogP contribution in [0.3, 0.4) is 0 Å². The van der Waals surface area contributed by atoms with Crippen molar-refractivity contribution in [2.24, 2.45) is 0 Å². The molecule has 1 aliphatic rings. The van der Waals surface area contributed by atoms with Crippen LogP contribution in [0, 0.1) is 0 Å². The molecule has 6 N–H and O–H groups in total. The van der Waals surface area contributed by atoms with Crippen LogP contribution in [0.25, 0.3) is 0 Å². The lowest BCUT2D eigenvalue weighted by Crippen LogP contribution is -2.60. The molecular weight excluding hydrogens is 931 g/mol. The summed E-state index contributed by atoms with van der Waals surface area (Å²) in [5.74, 6) is -0.248. The number of hydrogen-bond acceptors (Lipinski definition) is 10. The molecule has 1 aliphatic heterocycles. The molecule has 74 heavy (non-hydrogen) atoms. The van der Waals surface area contributed by atoms with Crippen LogP contribution in [0.2, 0.25) is 0 Å². The third-order valence-corrected chi connectivity index (χ3v) is 13.8. The second-order valence-corrected chi connectivity index (χ2v) is 20.7. The number of aliphatic hydroxyl groups excluding tert-OH is 5. The Labute approximate surface area is 451 Å². The Balaban J connectivity index is 2.16. The molecule has 0 aromatic heterocycles. The molecule has 0 aromatic rings. The minimum Gasteiger partial charge on any atom is -0.466 e. The molecule has 1 saturated heterocycles. The molecule has 11 nitrogen and oxygen atoms in total. The minimum absolute atomic E-state index is 0.0403. The van der Waals surface area contributed by atoms with E-state index in [4.69, 9.17) is 14.2 Å². The highest BCUT2D eigenvalue weighted by Gasteiger charge is 2.44. The molecule has 0 saturated carbocycles. The van der Waals surface area contributed by atoms with E-state index in [1.807, 2.05) is 6.08 Å². The van der Waals surface area contributed by atoms with E-state index in [2.05, 4.69) is 79.9 Å². The Morgan fingerprint density at radius 1 is 0.500 bits per heavy atom. The smallest absolute Gasteiger partial charge is 0.305 e. The van der Waals surface area contributed by atoms with Gasteiger partial charge in [-0.25, -0.2) is 0 Å². The van der Waals surface area contributed by atoms with E-state index in [0.29, 0.717) is 19.4 Å². The lowest BCUT2D eigenvalue weighted by atomic mass is 9.99. The molecule has 1 amide bonds. The molecule has 0 bridgehead atoms. The summed E-state index contributed by atoms with van der Waals surface area (Å²) in [7, 11) is 0. The summed E-state index contributed by atoms with van der Waals surface area (Å²) >= 11 is 0. The number of carbonyl (C=O) groups is 2. The number of allylic oxidation sites excluding steroid dienone is 11. The summed E-state index contributed by atoms with van der Waals surface area (Å²) in [6.07, 6.45) is 58.4. The van der Waals surface area contributed by atoms with Crippen LogP contribution in [0.4, 0.5) is 0 Å². The maximum absolute atomic E-state index is 13.0. The zero-order chi connectivity index (χ0) is 53.8. The second kappa shape index (κ2) is 52.2. The van der Waals surface area contributed by atoms with E-state index >= 15 is 0 Å². The Kier molecular flexibility index (Phi) is 48.7. The van der Waals surface area contributed by atoms with Crippen LogP contribution in [0.1, 0.15) is 251 Å². The van der Waals surface area contributed by atoms with Crippen molar-refractivity contribution in [2.45, 2.75) is 294 Å². The number of esters is 1. The maximum atomic E-state index is 13.0. The van der Waals surface area contributed by atoms with Gasteiger partial charge in [-0.2, -0.15) is 0 Å². The molecular formula is C63H111NO10. The molecule has 428 valence electrons. The third-order valence-electron chi connectivity index (χ3n) is 13.8. The van der Waals surface area contributed by atoms with Gasteiger partial charge in [0.1, 0.15) is 24.4 Å². The lowest BCUT2D eigenvalue weighted by Gasteiger charge is -2.40. The van der Waals surface area contributed by atoms with Gasteiger partial charge in [0.05, 0.1) is 32.0 Å². The fraction of sp³-hybridized carbons (Fsp3) is 0.778. The zero-order valence-corrected chi connectivity index (χ0v) is 47.0. The van der Waals surface area contributed by atoms with Crippen molar-refractivity contribution in [1.82, 2.24) is 5.32 Å². The highest BCUT2D eigenvalue weighted by atomic mass is 16.7. The Morgan fingerprint density at radius 2 is 0.919 bits per heavy atom. The summed E-state index contributed by atoms with van der Waals surface area (Å²) in [6, 6.07) is -0.844. The number of rotatable bonds is 51. The van der Waals surface area contributed by atoms with Gasteiger partial charge in [0.25, 0.3) is 0 Å². The van der Waals surface area contributed by atoms with Gasteiger partial charge in [0, 0.05) is 12.8 Å². The van der Waals surface area contributed by atoms with Gasteiger partial charge in [0.15, 0.2) is 6.29 Å². The van der Waals surface area contributed by atoms with Crippen LogP contribution in [-0.2, 0) is 23.8 Å². The normalized spacial score (nSPS) is 19.4. The summed E-state index contributed by atoms with van der Waals surface area (Å²) in [4.78, 5) is 25.1. The average Bonchev–Trinajstić information content (AvgIpc) is 3.40. The number of amides is 1. The van der Waals surface area contributed by atoms with Crippen LogP contribution < -0.4 is 5.32 Å². The van der Waals surface area contributed by atoms with Crippen LogP contribution in [0.15, 0.2) is 72.9 Å². The molecule has 11 heteroatoms. The average molecular weight is 1040 g/mol. The number of carbonyl (C=O) groups excluding carboxylic acids is 2. The van der Waals surface area contributed by atoms with Crippen molar-refractivity contribution in [1.29, 1.82) is 0 Å². The first-order chi connectivity index (χ1) is 36.2. The van der Waals surface area contributed by atoms with Crippen molar-refractivity contribution in [3.8, 4) is 0 Å². The number of hydrogen-bond donors (Lipinski definition) is 6. The molecule has 0 spiro atoms. The third kappa shape index (κ3) is 41.3. The molecule has 1 heterocycles. The zero-order valence-electron chi connectivity index (χ0n) is 47.0. The fourth-order valence-corrected chi connectivity index (χ4v) is 8.92. The van der Waals surface area contributed by atoms with Gasteiger partial charge in [-0.3, -0.25) is 9.59 Å². The monoisotopic (exact) mass is 1040 g/mol. The maximum Gasteiger partial charge on any atom is 0.305 e. The van der Waals surface area contributed by atoms with Crippen LogP contribution in [-0.4, -0.2) is 100 Å². The largest absolute Gasteiger partial charge is 0.466 e. The van der Waals surface area contributed by atoms with E-state index in [1.165, 1.54) is 122 Å². The molecule has 0 aliphatic carbocycles. The molecule has 7 unspecified atom stereocenters. The predicted octanol–water partition coefficient (Wildman–Crippen LogP) is 14.0. The van der Waals surface area contributed by atoms with Gasteiger partial charge in [-0.1, -0.05) is 196 Å². The molecule has 0 radical (unpaired) electrons. The van der Waals surface area contributed by atoms with E-state index < -0.39 is 49.5 Å². The van der Waals surface area contributed by atoms with E-state index in [-0.39, 0.29) is 18.5 Å². The second-order valence-electron chi connectivity index (χ2n) is 20.7. The van der Waals surface area contributed by atoms with Crippen molar-refractivity contribution in [2.75, 3.05) is 19.8 Å². The summed E-state index contributed by atoms with van der Waals surface area (Å²) in [6.45, 7) is 4.22. The molecule has 1 rings (SSSR count). The SMILES string of the molecule is CCCCC/C=C\CCCCCCCC(=O)OCCCCC/C=C\C=C/CCCCCCCCCCCCC(=O)NC(COC1OC(CO)C(O)C(O)C1O)C(O)/C=C/CC/C=C/CC/C=C/CCCCCCC. The highest BCUT2D eigenvalue weighted by Crippen LogP contribution is 2.23. The quantitative estimate of drug-likeness (QED) is 0.0149. The van der Waals surface area contributed by atoms with Crippen molar-refractivity contribution >= 4 is 11.9 Å². The Bertz CT molecular complexity index is 1460. The molecule has 7 atom stereocenters. The number of ether oxygens (including phenoxy) is 3. The lowest BCUT2D eigenvalue weighted by molar-refractivity contribution is -0.302. The van der Waals surface area contributed by atoms with Gasteiger partial charge in [0.2, 0.25) is 5.91 Å². The first-order valence-electron chi connectivity index (χ1n) is 30.2. The fourth-order valence-electron chi connectivity index (χ4n) is 8.92. The number of aliphatic hydroxyl groups is 5. The van der Waals surface area contributed by atoms with Crippen molar-refractivity contribution in [3.63, 3.8) is 0 Å². The van der Waals surface area contributed by atoms with Crippen molar-refractivity contribution < 1.29 is 49.3 Å². The Hall–Kier alpha value is -2.90. The summed E-state index contributed by atoms with van der Waals surface area (Å²) in [5, 5.41) is 54.4. The van der Waals surface area contributed by atoms with E-state index in [1.54, 1.807) is 6.08 Å². The van der Waals surface area contributed by atoms with Crippen LogP contribution >= 0.6 is 0 Å². The van der Waals surface area contributed by atoms with Gasteiger partial charge < -0.3 is 45.1 Å². The van der Waals surface area contributed by atoms with Crippen molar-refractivity contribution in [3.05, 3.63) is 72.9 Å². The standard InChI is InChI=1S/C63H111NO10/c1-3-5-7-9-11-13-15-17-23-26-29-33-37-41-45-49-56(66)55(54-73-63-62(71)61(70)60(69)57(53-65)74-63)64-58(67)50-46-42-38-34-30-27-24-21-19-18-20-22-25-28-32-36-40-44-48-52-72-59(68)51-47-43-39-35-31-16-14-12-10-8-6-4-2/h12,14-15,17,22,25,28-29,32-33,45,49,55-57,60-63,65-66,69-71H,3-11,13,16,18-21,23-24,26-27,30-31,34-44,46-48,50-54H2,1-2H3,(H,64,67)/b14-12-,17-15+,25-22-,32-28-,33-29+,49-45+. The summed E-state index contributed by atoms with van der Waals surface area (Å²) < 4.78 is 16.7. The number of unbranched alkanes of at least 4 members (excludes halogenated alkanes) is 28. The Morgan fingerprint density at radius 3 is 1.45 bits per heavy atom. The van der Waals surface area contributed by atoms with Gasteiger partial charge in [-0.05, 0) is 116 Å². The van der Waals surface area contributed by atoms with E-state index in [9.17, 15) is 35.1 Å². The van der Waals surface area contributed by atoms with Gasteiger partial charge in [-0.15, -0.1) is 0 Å². The predicted molar refractivity (Wildman–Crippen MR) is 306 cm³/mol. The van der Waals surface area contributed by atoms with Crippen LogP contribution in [0.5, 0.6) is 0 Å². The molecule has 1 fully saturated rings.